The van der Waals surface area contributed by atoms with Gasteiger partial charge in [0.25, 0.3) is 0 Å². The van der Waals surface area contributed by atoms with Crippen molar-refractivity contribution in [3.8, 4) is 11.5 Å². The van der Waals surface area contributed by atoms with Crippen LogP contribution >= 0.6 is 0 Å². The summed E-state index contributed by atoms with van der Waals surface area (Å²) in [6.45, 7) is 0.446. The number of aliphatic imine (C=N–C) groups is 1. The molecule has 0 amide bonds. The van der Waals surface area contributed by atoms with Crippen molar-refractivity contribution in [2.75, 3.05) is 7.11 Å². The molecule has 1 aliphatic heterocycles. The Bertz CT molecular complexity index is 1400. The van der Waals surface area contributed by atoms with Crippen LogP contribution in [0.5, 0.6) is 11.5 Å². The summed E-state index contributed by atoms with van der Waals surface area (Å²) < 4.78 is 16.6. The van der Waals surface area contributed by atoms with Crippen LogP contribution in [0.3, 0.4) is 0 Å². The average Bonchev–Trinajstić information content (AvgIpc) is 3.23. The minimum atomic E-state index is -0.491. The molecule has 0 atom stereocenters. The van der Waals surface area contributed by atoms with Crippen LogP contribution in [0.2, 0.25) is 0 Å². The Balaban J connectivity index is 1.35. The Hall–Kier alpha value is -4.38. The molecule has 4 aromatic rings. The lowest BCUT2D eigenvalue weighted by atomic mass is 10.1. The zero-order valence-corrected chi connectivity index (χ0v) is 18.0. The molecule has 0 fully saturated rings. The molecule has 0 saturated carbocycles. The van der Waals surface area contributed by atoms with Gasteiger partial charge in [-0.3, -0.25) is 0 Å². The van der Waals surface area contributed by atoms with E-state index in [-0.39, 0.29) is 11.6 Å². The second-order valence-corrected chi connectivity index (χ2v) is 7.57. The molecule has 5 nitrogen and oxygen atoms in total. The lowest BCUT2D eigenvalue weighted by Gasteiger charge is -2.09. The highest BCUT2D eigenvalue weighted by molar-refractivity contribution is 6.13. The predicted octanol–water partition coefficient (Wildman–Crippen LogP) is 5.77. The Kier molecular flexibility index (Phi) is 5.60. The number of hydrogen-bond donors (Lipinski definition) is 0. The highest BCUT2D eigenvalue weighted by Crippen LogP contribution is 2.24. The summed E-state index contributed by atoms with van der Waals surface area (Å²) in [7, 11) is 1.59. The van der Waals surface area contributed by atoms with E-state index in [0.717, 1.165) is 11.1 Å². The van der Waals surface area contributed by atoms with Gasteiger partial charge in [0.2, 0.25) is 5.90 Å². The van der Waals surface area contributed by atoms with E-state index in [9.17, 15) is 4.79 Å². The van der Waals surface area contributed by atoms with Gasteiger partial charge in [0, 0.05) is 5.56 Å². The van der Waals surface area contributed by atoms with Gasteiger partial charge in [-0.15, -0.1) is 0 Å². The first-order valence-corrected chi connectivity index (χ1v) is 10.6. The second kappa shape index (κ2) is 9.01. The lowest BCUT2D eigenvalue weighted by Crippen LogP contribution is -2.05. The molecule has 4 aromatic carbocycles. The summed E-state index contributed by atoms with van der Waals surface area (Å²) in [5.74, 6) is 1.14. The van der Waals surface area contributed by atoms with Crippen molar-refractivity contribution in [2.24, 2.45) is 4.99 Å². The Morgan fingerprint density at radius 1 is 0.879 bits per heavy atom. The fraction of sp³-hybridized carbons (Fsp3) is 0.0714. The number of esters is 1. The zero-order valence-electron chi connectivity index (χ0n) is 18.0. The van der Waals surface area contributed by atoms with Crippen LogP contribution < -0.4 is 9.47 Å². The first kappa shape index (κ1) is 20.5. The first-order chi connectivity index (χ1) is 16.2. The van der Waals surface area contributed by atoms with Gasteiger partial charge < -0.3 is 14.2 Å². The highest BCUT2D eigenvalue weighted by Gasteiger charge is 2.24. The van der Waals surface area contributed by atoms with Crippen molar-refractivity contribution in [2.45, 2.75) is 6.61 Å². The third-order valence-electron chi connectivity index (χ3n) is 5.37. The van der Waals surface area contributed by atoms with Crippen LogP contribution in [0.4, 0.5) is 0 Å². The molecule has 0 saturated heterocycles. The molecule has 33 heavy (non-hydrogen) atoms. The molecule has 0 unspecified atom stereocenters. The van der Waals surface area contributed by atoms with E-state index in [1.165, 1.54) is 10.8 Å². The summed E-state index contributed by atoms with van der Waals surface area (Å²) in [6.07, 6.45) is 1.69. The van der Waals surface area contributed by atoms with Crippen LogP contribution in [0.25, 0.3) is 16.8 Å². The van der Waals surface area contributed by atoms with E-state index in [1.807, 2.05) is 60.7 Å². The third kappa shape index (κ3) is 4.48. The third-order valence-corrected chi connectivity index (χ3v) is 5.37. The largest absolute Gasteiger partial charge is 0.497 e. The Labute approximate surface area is 191 Å². The number of carbonyl (C=O) groups is 1. The standard InChI is InChI=1S/C28H21NO4/c1-31-23-12-6-10-21(17-23)27-29-26(28(30)33-27)16-19-7-4-13-24(15-19)32-18-22-11-5-9-20-8-2-3-14-25(20)22/h2-17H,18H2,1H3/b26-16-. The molecule has 0 spiro atoms. The van der Waals surface area contributed by atoms with Gasteiger partial charge in [0.15, 0.2) is 5.70 Å². The summed E-state index contributed by atoms with van der Waals surface area (Å²) >= 11 is 0. The van der Waals surface area contributed by atoms with Crippen molar-refractivity contribution < 1.29 is 19.0 Å². The number of nitrogens with zero attached hydrogens (tertiary/aromatic N) is 1. The van der Waals surface area contributed by atoms with E-state index in [2.05, 4.69) is 29.3 Å². The van der Waals surface area contributed by atoms with Crippen LogP contribution in [0.15, 0.2) is 102 Å². The summed E-state index contributed by atoms with van der Waals surface area (Å²) in [4.78, 5) is 16.7. The van der Waals surface area contributed by atoms with Gasteiger partial charge in [-0.1, -0.05) is 60.7 Å². The summed E-state index contributed by atoms with van der Waals surface area (Å²) in [6, 6.07) is 29.2. The molecule has 1 aliphatic rings. The maximum Gasteiger partial charge on any atom is 0.363 e. The molecule has 162 valence electrons. The topological polar surface area (TPSA) is 57.1 Å². The van der Waals surface area contributed by atoms with E-state index < -0.39 is 5.97 Å². The molecule has 5 rings (SSSR count). The Morgan fingerprint density at radius 3 is 2.58 bits per heavy atom. The van der Waals surface area contributed by atoms with Gasteiger partial charge in [-0.25, -0.2) is 9.79 Å². The first-order valence-electron chi connectivity index (χ1n) is 10.6. The molecule has 0 N–H and O–H groups in total. The SMILES string of the molecule is COc1cccc(C2=N/C(=C\c3cccc(OCc4cccc5ccccc45)c3)C(=O)O2)c1. The monoisotopic (exact) mass is 435 g/mol. The summed E-state index contributed by atoms with van der Waals surface area (Å²) in [5.41, 5.74) is 2.83. The molecule has 1 heterocycles. The van der Waals surface area contributed by atoms with E-state index in [4.69, 9.17) is 14.2 Å². The van der Waals surface area contributed by atoms with E-state index in [0.29, 0.717) is 23.7 Å². The lowest BCUT2D eigenvalue weighted by molar-refractivity contribution is -0.129. The number of ether oxygens (including phenoxy) is 3. The molecule has 0 radical (unpaired) electrons. The molecular formula is C28H21NO4. The number of carbonyl (C=O) groups excluding carboxylic acids is 1. The smallest absolute Gasteiger partial charge is 0.363 e. The zero-order chi connectivity index (χ0) is 22.6. The number of benzene rings is 4. The fourth-order valence-electron chi connectivity index (χ4n) is 3.72. The van der Waals surface area contributed by atoms with Gasteiger partial charge in [0.1, 0.15) is 18.1 Å². The van der Waals surface area contributed by atoms with Crippen LogP contribution in [-0.4, -0.2) is 19.0 Å². The maximum atomic E-state index is 12.4. The van der Waals surface area contributed by atoms with Crippen molar-refractivity contribution in [1.82, 2.24) is 0 Å². The number of fused-ring (bicyclic) bond motifs is 1. The van der Waals surface area contributed by atoms with Gasteiger partial charge in [-0.05, 0) is 58.3 Å². The Morgan fingerprint density at radius 2 is 1.67 bits per heavy atom. The van der Waals surface area contributed by atoms with Crippen LogP contribution in [-0.2, 0) is 16.1 Å². The van der Waals surface area contributed by atoms with Crippen LogP contribution in [0.1, 0.15) is 16.7 Å². The maximum absolute atomic E-state index is 12.4. The molecular weight excluding hydrogens is 414 g/mol. The van der Waals surface area contributed by atoms with Crippen molar-refractivity contribution in [1.29, 1.82) is 0 Å². The van der Waals surface area contributed by atoms with E-state index >= 15 is 0 Å². The number of cyclic esters (lactones) is 1. The van der Waals surface area contributed by atoms with Crippen molar-refractivity contribution >= 4 is 28.7 Å². The summed E-state index contributed by atoms with van der Waals surface area (Å²) in [5, 5.41) is 2.35. The minimum absolute atomic E-state index is 0.235. The number of hydrogen-bond acceptors (Lipinski definition) is 5. The number of methoxy groups -OCH3 is 1. The van der Waals surface area contributed by atoms with Gasteiger partial charge in [-0.2, -0.15) is 0 Å². The molecule has 0 bridgehead atoms. The van der Waals surface area contributed by atoms with E-state index in [1.54, 1.807) is 19.3 Å². The fourth-order valence-corrected chi connectivity index (χ4v) is 3.72. The number of rotatable bonds is 6. The van der Waals surface area contributed by atoms with Crippen molar-refractivity contribution in [3.63, 3.8) is 0 Å². The highest BCUT2D eigenvalue weighted by atomic mass is 16.6. The van der Waals surface area contributed by atoms with Crippen LogP contribution in [0, 0.1) is 0 Å². The van der Waals surface area contributed by atoms with Gasteiger partial charge >= 0.3 is 5.97 Å². The normalized spacial score (nSPS) is 14.3. The molecule has 0 aliphatic carbocycles. The molecule has 0 aromatic heterocycles. The predicted molar refractivity (Wildman–Crippen MR) is 128 cm³/mol. The van der Waals surface area contributed by atoms with Gasteiger partial charge in [0.05, 0.1) is 7.11 Å². The minimum Gasteiger partial charge on any atom is -0.497 e. The second-order valence-electron chi connectivity index (χ2n) is 7.57. The quantitative estimate of drug-likeness (QED) is 0.285. The average molecular weight is 435 g/mol. The van der Waals surface area contributed by atoms with Crippen molar-refractivity contribution in [3.05, 3.63) is 113 Å². The molecule has 5 heteroatoms.